The zero-order chi connectivity index (χ0) is 15.6. The molecule has 1 heterocycles. The van der Waals surface area contributed by atoms with Crippen LogP contribution in [-0.4, -0.2) is 37.6 Å². The molecule has 1 aromatic rings. The Labute approximate surface area is 126 Å². The lowest BCUT2D eigenvalue weighted by atomic mass is 10.1. The van der Waals surface area contributed by atoms with Gasteiger partial charge < -0.3 is 10.6 Å². The molecule has 0 aromatic heterocycles. The summed E-state index contributed by atoms with van der Waals surface area (Å²) in [7, 11) is -3.76. The van der Waals surface area contributed by atoms with E-state index in [0.717, 1.165) is 19.3 Å². The summed E-state index contributed by atoms with van der Waals surface area (Å²) in [4.78, 5) is 14.1. The summed E-state index contributed by atoms with van der Waals surface area (Å²) in [5, 5.41) is -1.10. The molecule has 2 rings (SSSR count). The van der Waals surface area contributed by atoms with Gasteiger partial charge in [0, 0.05) is 13.1 Å². The summed E-state index contributed by atoms with van der Waals surface area (Å²) >= 11 is 0. The Hall–Kier alpha value is -1.56. The number of carbonyl (C=O) groups is 1. The second-order valence-electron chi connectivity index (χ2n) is 5.56. The number of piperidine rings is 1. The molecule has 1 aromatic carbocycles. The first-order valence-corrected chi connectivity index (χ1v) is 8.78. The van der Waals surface area contributed by atoms with Gasteiger partial charge in [-0.25, -0.2) is 8.42 Å². The summed E-state index contributed by atoms with van der Waals surface area (Å²) < 4.78 is 25.3. The molecule has 0 spiro atoms. The highest BCUT2D eigenvalue weighted by molar-refractivity contribution is 7.93. The molecule has 116 valence electrons. The molecule has 1 aliphatic heterocycles. The van der Waals surface area contributed by atoms with Gasteiger partial charge in [-0.15, -0.1) is 0 Å². The number of hydrogen-bond acceptors (Lipinski definition) is 4. The average Bonchev–Trinajstić information content (AvgIpc) is 2.49. The first kappa shape index (κ1) is 15.8. The zero-order valence-corrected chi connectivity index (χ0v) is 13.3. The highest BCUT2D eigenvalue weighted by atomic mass is 32.2. The molecule has 1 fully saturated rings. The smallest absolute Gasteiger partial charge is 0.241 e. The summed E-state index contributed by atoms with van der Waals surface area (Å²) in [5.41, 5.74) is 6.82. The van der Waals surface area contributed by atoms with E-state index in [-0.39, 0.29) is 16.5 Å². The Morgan fingerprint density at radius 1 is 1.24 bits per heavy atom. The van der Waals surface area contributed by atoms with Gasteiger partial charge >= 0.3 is 0 Å². The number of nitrogen functional groups attached to an aromatic ring is 1. The third kappa shape index (κ3) is 3.05. The van der Waals surface area contributed by atoms with Crippen molar-refractivity contribution < 1.29 is 13.2 Å². The summed E-state index contributed by atoms with van der Waals surface area (Å²) in [6, 6.07) is 4.87. The lowest BCUT2D eigenvalue weighted by molar-refractivity contribution is -0.131. The molecule has 0 saturated carbocycles. The van der Waals surface area contributed by atoms with Crippen molar-refractivity contribution >= 4 is 21.4 Å². The van der Waals surface area contributed by atoms with Crippen LogP contribution in [0, 0.1) is 6.92 Å². The van der Waals surface area contributed by atoms with Crippen LogP contribution in [0.2, 0.25) is 0 Å². The number of anilines is 1. The van der Waals surface area contributed by atoms with Crippen LogP contribution in [0.3, 0.4) is 0 Å². The Kier molecular flexibility index (Phi) is 4.56. The maximum atomic E-state index is 12.7. The maximum Gasteiger partial charge on any atom is 0.241 e. The molecule has 5 nitrogen and oxygen atoms in total. The molecule has 1 saturated heterocycles. The van der Waals surface area contributed by atoms with E-state index in [9.17, 15) is 13.2 Å². The zero-order valence-electron chi connectivity index (χ0n) is 12.5. The second kappa shape index (κ2) is 6.05. The number of carbonyl (C=O) groups excluding carboxylic acids is 1. The third-order valence-electron chi connectivity index (χ3n) is 4.07. The van der Waals surface area contributed by atoms with E-state index in [2.05, 4.69) is 0 Å². The van der Waals surface area contributed by atoms with Crippen molar-refractivity contribution in [3.63, 3.8) is 0 Å². The molecule has 0 bridgehead atoms. The van der Waals surface area contributed by atoms with Gasteiger partial charge in [-0.2, -0.15) is 0 Å². The minimum absolute atomic E-state index is 0.0559. The van der Waals surface area contributed by atoms with Crippen LogP contribution in [0.25, 0.3) is 0 Å². The largest absolute Gasteiger partial charge is 0.397 e. The summed E-state index contributed by atoms with van der Waals surface area (Å²) in [5.74, 6) is -0.324. The number of rotatable bonds is 3. The predicted molar refractivity (Wildman–Crippen MR) is 82.7 cm³/mol. The van der Waals surface area contributed by atoms with Gasteiger partial charge in [-0.05, 0) is 44.7 Å². The Morgan fingerprint density at radius 3 is 2.48 bits per heavy atom. The van der Waals surface area contributed by atoms with E-state index in [1.807, 2.05) is 0 Å². The SMILES string of the molecule is Cc1cccc(S(=O)(=O)C(C)C(=O)N2CCCCC2)c1N. The van der Waals surface area contributed by atoms with Crippen molar-refractivity contribution in [2.75, 3.05) is 18.8 Å². The van der Waals surface area contributed by atoms with E-state index >= 15 is 0 Å². The standard InChI is InChI=1S/C15H22N2O3S/c1-11-7-6-8-13(14(11)16)21(19,20)12(2)15(18)17-9-4-3-5-10-17/h6-8,12H,3-5,9-10,16H2,1-2H3. The molecule has 6 heteroatoms. The van der Waals surface area contributed by atoms with Crippen LogP contribution in [0.5, 0.6) is 0 Å². The van der Waals surface area contributed by atoms with Gasteiger partial charge in [0.25, 0.3) is 0 Å². The fraction of sp³-hybridized carbons (Fsp3) is 0.533. The minimum atomic E-state index is -3.76. The van der Waals surface area contributed by atoms with Gasteiger partial charge in [-0.3, -0.25) is 4.79 Å². The van der Waals surface area contributed by atoms with Crippen LogP contribution in [0.1, 0.15) is 31.7 Å². The van der Waals surface area contributed by atoms with Gasteiger partial charge in [0.1, 0.15) is 5.25 Å². The quantitative estimate of drug-likeness (QED) is 0.863. The number of para-hydroxylation sites is 1. The van der Waals surface area contributed by atoms with Gasteiger partial charge in [-0.1, -0.05) is 12.1 Å². The van der Waals surface area contributed by atoms with E-state index in [4.69, 9.17) is 5.73 Å². The fourth-order valence-electron chi connectivity index (χ4n) is 2.60. The molecule has 2 N–H and O–H groups in total. The van der Waals surface area contributed by atoms with E-state index < -0.39 is 15.1 Å². The van der Waals surface area contributed by atoms with Crippen LogP contribution in [-0.2, 0) is 14.6 Å². The second-order valence-corrected chi connectivity index (χ2v) is 7.80. The number of nitrogens with zero attached hydrogens (tertiary/aromatic N) is 1. The van der Waals surface area contributed by atoms with Crippen LogP contribution < -0.4 is 5.73 Å². The van der Waals surface area contributed by atoms with E-state index in [0.29, 0.717) is 18.7 Å². The molecule has 1 atom stereocenters. The molecule has 1 amide bonds. The first-order valence-electron chi connectivity index (χ1n) is 7.23. The Balaban J connectivity index is 2.30. The monoisotopic (exact) mass is 310 g/mol. The van der Waals surface area contributed by atoms with Crippen LogP contribution in [0.4, 0.5) is 5.69 Å². The van der Waals surface area contributed by atoms with Gasteiger partial charge in [0.15, 0.2) is 9.84 Å². The topological polar surface area (TPSA) is 80.5 Å². The Bertz CT molecular complexity index is 634. The number of aryl methyl sites for hydroxylation is 1. The number of nitrogens with two attached hydrogens (primary N) is 1. The normalized spacial score (nSPS) is 17.5. The molecule has 1 aliphatic rings. The van der Waals surface area contributed by atoms with Gasteiger partial charge in [0.05, 0.1) is 10.6 Å². The van der Waals surface area contributed by atoms with E-state index in [1.165, 1.54) is 13.0 Å². The fourth-order valence-corrected chi connectivity index (χ4v) is 4.13. The molecular weight excluding hydrogens is 288 g/mol. The third-order valence-corrected chi connectivity index (χ3v) is 6.17. The lowest BCUT2D eigenvalue weighted by Gasteiger charge is -2.29. The number of hydrogen-bond donors (Lipinski definition) is 1. The van der Waals surface area contributed by atoms with E-state index in [1.54, 1.807) is 24.0 Å². The number of sulfone groups is 1. The average molecular weight is 310 g/mol. The molecule has 0 aliphatic carbocycles. The molecule has 0 radical (unpaired) electrons. The van der Waals surface area contributed by atoms with Crippen molar-refractivity contribution in [2.24, 2.45) is 0 Å². The van der Waals surface area contributed by atoms with Crippen LogP contribution in [0.15, 0.2) is 23.1 Å². The highest BCUT2D eigenvalue weighted by Crippen LogP contribution is 2.26. The van der Waals surface area contributed by atoms with Crippen molar-refractivity contribution in [3.05, 3.63) is 23.8 Å². The van der Waals surface area contributed by atoms with Crippen molar-refractivity contribution in [1.82, 2.24) is 4.90 Å². The van der Waals surface area contributed by atoms with Crippen molar-refractivity contribution in [2.45, 2.75) is 43.3 Å². The number of benzene rings is 1. The lowest BCUT2D eigenvalue weighted by Crippen LogP contribution is -2.44. The molecule has 1 unspecified atom stereocenters. The number of likely N-dealkylation sites (tertiary alicyclic amines) is 1. The molecule has 21 heavy (non-hydrogen) atoms. The maximum absolute atomic E-state index is 12.7. The minimum Gasteiger partial charge on any atom is -0.397 e. The van der Waals surface area contributed by atoms with Crippen molar-refractivity contribution in [3.8, 4) is 0 Å². The van der Waals surface area contributed by atoms with Crippen molar-refractivity contribution in [1.29, 1.82) is 0 Å². The molecular formula is C15H22N2O3S. The highest BCUT2D eigenvalue weighted by Gasteiger charge is 2.34. The summed E-state index contributed by atoms with van der Waals surface area (Å²) in [6.45, 7) is 4.49. The van der Waals surface area contributed by atoms with Crippen LogP contribution >= 0.6 is 0 Å². The predicted octanol–water partition coefficient (Wildman–Crippen LogP) is 1.75. The van der Waals surface area contributed by atoms with Gasteiger partial charge in [0.2, 0.25) is 5.91 Å². The first-order chi connectivity index (χ1) is 9.85. The summed E-state index contributed by atoms with van der Waals surface area (Å²) in [6.07, 6.45) is 2.96. The number of amides is 1. The Morgan fingerprint density at radius 2 is 1.86 bits per heavy atom.